The van der Waals surface area contributed by atoms with Crippen LogP contribution in [0.4, 0.5) is 0 Å². The molecule has 1 aromatic rings. The lowest BCUT2D eigenvalue weighted by molar-refractivity contribution is -0.0513. The van der Waals surface area contributed by atoms with E-state index in [0.29, 0.717) is 32.2 Å². The molecule has 0 saturated carbocycles. The molecule has 0 spiro atoms. The summed E-state index contributed by atoms with van der Waals surface area (Å²) >= 11 is 0. The van der Waals surface area contributed by atoms with Gasteiger partial charge in [-0.15, -0.1) is 0 Å². The summed E-state index contributed by atoms with van der Waals surface area (Å²) in [7, 11) is 0. The number of rotatable bonds is 8. The van der Waals surface area contributed by atoms with Gasteiger partial charge in [0.1, 0.15) is 0 Å². The Morgan fingerprint density at radius 3 is 2.65 bits per heavy atom. The zero-order chi connectivity index (χ0) is 19.1. The molecule has 0 aliphatic carbocycles. The monoisotopic (exact) mass is 362 g/mol. The first kappa shape index (κ1) is 20.9. The summed E-state index contributed by atoms with van der Waals surface area (Å²) in [5, 5.41) is 9.91. The highest BCUT2D eigenvalue weighted by Gasteiger charge is 2.26. The van der Waals surface area contributed by atoms with Crippen molar-refractivity contribution in [2.75, 3.05) is 39.3 Å². The van der Waals surface area contributed by atoms with Gasteiger partial charge in [-0.05, 0) is 31.4 Å². The molecule has 2 unspecified atom stereocenters. The average molecular weight is 363 g/mol. The predicted molar refractivity (Wildman–Crippen MR) is 104 cm³/mol. The molecule has 1 N–H and O–H groups in total. The molecule has 1 aliphatic heterocycles. The third kappa shape index (κ3) is 6.38. The van der Waals surface area contributed by atoms with Crippen molar-refractivity contribution in [2.45, 2.75) is 46.3 Å². The van der Waals surface area contributed by atoms with Crippen molar-refractivity contribution in [1.29, 1.82) is 0 Å². The van der Waals surface area contributed by atoms with Crippen LogP contribution in [0.5, 0.6) is 0 Å². The molecule has 26 heavy (non-hydrogen) atoms. The van der Waals surface area contributed by atoms with Gasteiger partial charge in [-0.25, -0.2) is 0 Å². The van der Waals surface area contributed by atoms with Crippen molar-refractivity contribution >= 4 is 5.91 Å². The number of amides is 1. The molecular formula is C21H34N2O3. The molecule has 1 aliphatic rings. The van der Waals surface area contributed by atoms with Crippen LogP contribution in [0.1, 0.15) is 43.1 Å². The third-order valence-corrected chi connectivity index (χ3v) is 4.76. The SMILES string of the molecule is CCC(O)CN1CCOC(CN(CC(C)C)C(=O)c2ccc(C)cc2)C1. The number of carbonyl (C=O) groups is 1. The highest BCUT2D eigenvalue weighted by molar-refractivity contribution is 5.94. The first-order chi connectivity index (χ1) is 12.4. The van der Waals surface area contributed by atoms with Crippen LogP contribution in [-0.4, -0.2) is 72.4 Å². The molecule has 0 radical (unpaired) electrons. The van der Waals surface area contributed by atoms with E-state index in [9.17, 15) is 9.90 Å². The van der Waals surface area contributed by atoms with Gasteiger partial charge in [0.15, 0.2) is 0 Å². The summed E-state index contributed by atoms with van der Waals surface area (Å²) in [5.41, 5.74) is 1.88. The summed E-state index contributed by atoms with van der Waals surface area (Å²) in [6, 6.07) is 7.75. The minimum Gasteiger partial charge on any atom is -0.392 e. The number of morpholine rings is 1. The van der Waals surface area contributed by atoms with Gasteiger partial charge >= 0.3 is 0 Å². The Bertz CT molecular complexity index is 559. The van der Waals surface area contributed by atoms with E-state index < -0.39 is 0 Å². The van der Waals surface area contributed by atoms with Crippen molar-refractivity contribution in [1.82, 2.24) is 9.80 Å². The van der Waals surface area contributed by atoms with Crippen molar-refractivity contribution in [3.05, 3.63) is 35.4 Å². The largest absolute Gasteiger partial charge is 0.392 e. The number of aliphatic hydroxyl groups is 1. The van der Waals surface area contributed by atoms with E-state index in [1.807, 2.05) is 43.0 Å². The third-order valence-electron chi connectivity index (χ3n) is 4.76. The minimum atomic E-state index is -0.297. The second-order valence-corrected chi connectivity index (χ2v) is 7.78. The summed E-state index contributed by atoms with van der Waals surface area (Å²) < 4.78 is 5.92. The minimum absolute atomic E-state index is 0.0130. The standard InChI is InChI=1S/C21H34N2O3/c1-5-19(24)13-22-10-11-26-20(14-22)15-23(12-16(2)3)21(25)18-8-6-17(4)7-9-18/h6-9,16,19-20,24H,5,10-15H2,1-4H3. The number of nitrogens with zero attached hydrogens (tertiary/aromatic N) is 2. The first-order valence-corrected chi connectivity index (χ1v) is 9.77. The van der Waals surface area contributed by atoms with Crippen molar-refractivity contribution in [3.8, 4) is 0 Å². The van der Waals surface area contributed by atoms with E-state index in [-0.39, 0.29) is 18.1 Å². The molecule has 5 heteroatoms. The normalized spacial score (nSPS) is 19.5. The van der Waals surface area contributed by atoms with Gasteiger partial charge in [0.25, 0.3) is 5.91 Å². The topological polar surface area (TPSA) is 53.0 Å². The quantitative estimate of drug-likeness (QED) is 0.772. The Balaban J connectivity index is 2.02. The zero-order valence-electron chi connectivity index (χ0n) is 16.6. The number of aryl methyl sites for hydroxylation is 1. The fourth-order valence-corrected chi connectivity index (χ4v) is 3.29. The Hall–Kier alpha value is -1.43. The van der Waals surface area contributed by atoms with Crippen LogP contribution < -0.4 is 0 Å². The molecule has 1 fully saturated rings. The van der Waals surface area contributed by atoms with E-state index in [0.717, 1.165) is 30.6 Å². The van der Waals surface area contributed by atoms with Gasteiger partial charge in [0.2, 0.25) is 0 Å². The smallest absolute Gasteiger partial charge is 0.253 e. The molecule has 1 saturated heterocycles. The van der Waals surface area contributed by atoms with Crippen LogP contribution >= 0.6 is 0 Å². The van der Waals surface area contributed by atoms with Gasteiger partial charge in [-0.1, -0.05) is 38.5 Å². The molecule has 1 heterocycles. The molecule has 0 bridgehead atoms. The Morgan fingerprint density at radius 1 is 1.35 bits per heavy atom. The maximum Gasteiger partial charge on any atom is 0.253 e. The second-order valence-electron chi connectivity index (χ2n) is 7.78. The van der Waals surface area contributed by atoms with Gasteiger partial charge in [0, 0.05) is 38.3 Å². The molecule has 146 valence electrons. The van der Waals surface area contributed by atoms with Crippen molar-refractivity contribution in [2.24, 2.45) is 5.92 Å². The van der Waals surface area contributed by atoms with Crippen LogP contribution in [0, 0.1) is 12.8 Å². The van der Waals surface area contributed by atoms with E-state index >= 15 is 0 Å². The highest BCUT2D eigenvalue weighted by atomic mass is 16.5. The molecule has 2 atom stereocenters. The number of hydrogen-bond donors (Lipinski definition) is 1. The lowest BCUT2D eigenvalue weighted by Crippen LogP contribution is -2.50. The van der Waals surface area contributed by atoms with Gasteiger partial charge in [0.05, 0.1) is 18.8 Å². The Labute approximate surface area is 157 Å². The number of benzene rings is 1. The lowest BCUT2D eigenvalue weighted by Gasteiger charge is -2.37. The fourth-order valence-electron chi connectivity index (χ4n) is 3.29. The number of aliphatic hydroxyl groups excluding tert-OH is 1. The number of carbonyl (C=O) groups excluding carboxylic acids is 1. The van der Waals surface area contributed by atoms with Crippen LogP contribution in [-0.2, 0) is 4.74 Å². The van der Waals surface area contributed by atoms with E-state index in [4.69, 9.17) is 4.74 Å². The highest BCUT2D eigenvalue weighted by Crippen LogP contribution is 2.14. The summed E-state index contributed by atoms with van der Waals surface area (Å²) in [6.07, 6.45) is 0.448. The van der Waals surface area contributed by atoms with Crippen LogP contribution in [0.2, 0.25) is 0 Å². The van der Waals surface area contributed by atoms with Gasteiger partial charge in [-0.3, -0.25) is 9.69 Å². The molecule has 0 aromatic heterocycles. The van der Waals surface area contributed by atoms with Crippen LogP contribution in [0.15, 0.2) is 24.3 Å². The van der Waals surface area contributed by atoms with Gasteiger partial charge in [-0.2, -0.15) is 0 Å². The lowest BCUT2D eigenvalue weighted by atomic mass is 10.1. The van der Waals surface area contributed by atoms with Crippen molar-refractivity contribution < 1.29 is 14.6 Å². The number of β-amino-alcohol motifs (C(OH)–C–C–N with tert-alkyl or cyclic N) is 1. The molecule has 1 amide bonds. The van der Waals surface area contributed by atoms with E-state index in [2.05, 4.69) is 18.7 Å². The Morgan fingerprint density at radius 2 is 2.04 bits per heavy atom. The summed E-state index contributed by atoms with van der Waals surface area (Å²) in [4.78, 5) is 17.1. The number of ether oxygens (including phenoxy) is 1. The van der Waals surface area contributed by atoms with E-state index in [1.165, 1.54) is 0 Å². The fraction of sp³-hybridized carbons (Fsp3) is 0.667. The second kappa shape index (κ2) is 10.0. The number of hydrogen-bond acceptors (Lipinski definition) is 4. The van der Waals surface area contributed by atoms with Gasteiger partial charge < -0.3 is 14.7 Å². The maximum absolute atomic E-state index is 13.0. The maximum atomic E-state index is 13.0. The summed E-state index contributed by atoms with van der Waals surface area (Å²) in [5.74, 6) is 0.457. The zero-order valence-corrected chi connectivity index (χ0v) is 16.6. The molecular weight excluding hydrogens is 328 g/mol. The van der Waals surface area contributed by atoms with E-state index in [1.54, 1.807) is 0 Å². The van der Waals surface area contributed by atoms with Crippen molar-refractivity contribution in [3.63, 3.8) is 0 Å². The molecule has 1 aromatic carbocycles. The van der Waals surface area contributed by atoms with Crippen LogP contribution in [0.3, 0.4) is 0 Å². The predicted octanol–water partition coefficient (Wildman–Crippen LogP) is 2.56. The van der Waals surface area contributed by atoms with Crippen LogP contribution in [0.25, 0.3) is 0 Å². The average Bonchev–Trinajstić information content (AvgIpc) is 2.61. The first-order valence-electron chi connectivity index (χ1n) is 9.77. The Kier molecular flexibility index (Phi) is 8.07. The molecule has 2 rings (SSSR count). The summed E-state index contributed by atoms with van der Waals surface area (Å²) in [6.45, 7) is 12.5. The molecule has 5 nitrogen and oxygen atoms in total.